The lowest BCUT2D eigenvalue weighted by atomic mass is 10.0. The Morgan fingerprint density at radius 3 is 2.85 bits per heavy atom. The van der Waals surface area contributed by atoms with Gasteiger partial charge in [0, 0.05) is 17.8 Å². The molecule has 0 aromatic carbocycles. The van der Waals surface area contributed by atoms with Crippen LogP contribution in [-0.4, -0.2) is 9.97 Å². The Bertz CT molecular complexity index is 388. The lowest BCUT2D eigenvalue weighted by Gasteiger charge is -2.00. The fraction of sp³-hybridized carbons (Fsp3) is 0.364. The summed E-state index contributed by atoms with van der Waals surface area (Å²) in [6.07, 6.45) is 3.85. The summed E-state index contributed by atoms with van der Waals surface area (Å²) < 4.78 is 0. The number of hydrogen-bond acceptors (Lipinski definition) is 1. The molecule has 0 aliphatic carbocycles. The molecule has 0 bridgehead atoms. The van der Waals surface area contributed by atoms with Gasteiger partial charge in [-0.05, 0) is 23.6 Å². The molecule has 0 spiro atoms. The number of rotatable bonds is 1. The molecule has 2 rings (SSSR count). The average Bonchev–Trinajstić information content (AvgIpc) is 2.47. The first-order valence-corrected chi connectivity index (χ1v) is 4.21. The van der Waals surface area contributed by atoms with Crippen LogP contribution < -0.4 is 0 Å². The molecule has 0 amide bonds. The van der Waals surface area contributed by atoms with E-state index >= 15 is 0 Å². The van der Waals surface area contributed by atoms with E-state index in [0.717, 1.165) is 5.65 Å². The number of fused-ring (bicyclic) bond motifs is 1. The Labute approximate surface area is 79.0 Å². The Hall–Kier alpha value is -1.31. The second kappa shape index (κ2) is 3.60. The monoisotopic (exact) mass is 176 g/mol. The highest BCUT2D eigenvalue weighted by Gasteiger charge is 2.05. The van der Waals surface area contributed by atoms with Crippen LogP contribution in [0.4, 0.5) is 0 Å². The van der Waals surface area contributed by atoms with Crippen molar-refractivity contribution in [3.63, 3.8) is 0 Å². The van der Waals surface area contributed by atoms with E-state index in [2.05, 4.69) is 29.9 Å². The predicted molar refractivity (Wildman–Crippen MR) is 56.9 cm³/mol. The molecule has 0 aliphatic heterocycles. The fourth-order valence-electron chi connectivity index (χ4n) is 1.45. The van der Waals surface area contributed by atoms with Gasteiger partial charge in [0.1, 0.15) is 5.65 Å². The minimum absolute atomic E-state index is 0. The zero-order valence-electron chi connectivity index (χ0n) is 7.33. The SMILES string of the molecule is C.CC(C)c1c[nH]c2ncccc12. The van der Waals surface area contributed by atoms with Crippen molar-refractivity contribution in [3.8, 4) is 0 Å². The molecule has 0 saturated heterocycles. The molecule has 0 atom stereocenters. The first-order valence-electron chi connectivity index (χ1n) is 4.21. The molecule has 13 heavy (non-hydrogen) atoms. The second-order valence-corrected chi connectivity index (χ2v) is 3.30. The highest BCUT2D eigenvalue weighted by atomic mass is 14.8. The molecule has 1 N–H and O–H groups in total. The molecular weight excluding hydrogens is 160 g/mol. The van der Waals surface area contributed by atoms with E-state index in [1.54, 1.807) is 0 Å². The van der Waals surface area contributed by atoms with Crippen molar-refractivity contribution >= 4 is 11.0 Å². The number of aromatic nitrogens is 2. The normalized spacial score (nSPS) is 10.4. The quantitative estimate of drug-likeness (QED) is 0.709. The summed E-state index contributed by atoms with van der Waals surface area (Å²) in [6, 6.07) is 4.08. The number of hydrogen-bond donors (Lipinski definition) is 1. The molecule has 2 aromatic rings. The van der Waals surface area contributed by atoms with Crippen LogP contribution in [0, 0.1) is 0 Å². The van der Waals surface area contributed by atoms with Gasteiger partial charge in [0.05, 0.1) is 0 Å². The molecule has 2 heterocycles. The third-order valence-electron chi connectivity index (χ3n) is 2.11. The van der Waals surface area contributed by atoms with Gasteiger partial charge in [-0.1, -0.05) is 21.3 Å². The second-order valence-electron chi connectivity index (χ2n) is 3.30. The topological polar surface area (TPSA) is 28.7 Å². The van der Waals surface area contributed by atoms with Crippen molar-refractivity contribution in [2.75, 3.05) is 0 Å². The molecule has 0 aliphatic rings. The van der Waals surface area contributed by atoms with Gasteiger partial charge >= 0.3 is 0 Å². The summed E-state index contributed by atoms with van der Waals surface area (Å²) in [4.78, 5) is 7.39. The van der Waals surface area contributed by atoms with Crippen molar-refractivity contribution in [2.45, 2.75) is 27.2 Å². The number of pyridine rings is 1. The Morgan fingerprint density at radius 1 is 1.38 bits per heavy atom. The molecule has 0 radical (unpaired) electrons. The first-order chi connectivity index (χ1) is 5.79. The highest BCUT2D eigenvalue weighted by Crippen LogP contribution is 2.22. The van der Waals surface area contributed by atoms with Crippen LogP contribution in [0.15, 0.2) is 24.5 Å². The van der Waals surface area contributed by atoms with E-state index < -0.39 is 0 Å². The van der Waals surface area contributed by atoms with E-state index in [1.165, 1.54) is 10.9 Å². The maximum Gasteiger partial charge on any atom is 0.137 e. The van der Waals surface area contributed by atoms with Crippen molar-refractivity contribution in [3.05, 3.63) is 30.1 Å². The summed E-state index contributed by atoms with van der Waals surface area (Å²) in [5.74, 6) is 0.558. The van der Waals surface area contributed by atoms with Crippen LogP contribution in [0.1, 0.15) is 32.8 Å². The Balaban J connectivity index is 0.000000845. The molecule has 0 saturated carbocycles. The van der Waals surface area contributed by atoms with Crippen LogP contribution in [0.5, 0.6) is 0 Å². The highest BCUT2D eigenvalue weighted by molar-refractivity contribution is 5.79. The predicted octanol–water partition coefficient (Wildman–Crippen LogP) is 3.32. The molecular formula is C11H16N2. The molecule has 2 aromatic heterocycles. The molecule has 2 heteroatoms. The van der Waals surface area contributed by atoms with Gasteiger partial charge in [0.15, 0.2) is 0 Å². The molecule has 2 nitrogen and oxygen atoms in total. The third kappa shape index (κ3) is 1.57. The van der Waals surface area contributed by atoms with Crippen LogP contribution in [-0.2, 0) is 0 Å². The van der Waals surface area contributed by atoms with Crippen LogP contribution >= 0.6 is 0 Å². The van der Waals surface area contributed by atoms with E-state index in [0.29, 0.717) is 5.92 Å². The fourth-order valence-corrected chi connectivity index (χ4v) is 1.45. The van der Waals surface area contributed by atoms with Gasteiger partial charge in [0.2, 0.25) is 0 Å². The van der Waals surface area contributed by atoms with Gasteiger partial charge in [-0.2, -0.15) is 0 Å². The lowest BCUT2D eigenvalue weighted by molar-refractivity contribution is 0.875. The molecule has 70 valence electrons. The summed E-state index contributed by atoms with van der Waals surface area (Å²) in [7, 11) is 0. The smallest absolute Gasteiger partial charge is 0.137 e. The number of nitrogens with zero attached hydrogens (tertiary/aromatic N) is 1. The Morgan fingerprint density at radius 2 is 2.15 bits per heavy atom. The Kier molecular flexibility index (Phi) is 2.71. The van der Waals surface area contributed by atoms with Crippen molar-refractivity contribution in [1.82, 2.24) is 9.97 Å². The summed E-state index contributed by atoms with van der Waals surface area (Å²) in [6.45, 7) is 4.38. The largest absolute Gasteiger partial charge is 0.346 e. The summed E-state index contributed by atoms with van der Waals surface area (Å²) in [5.41, 5.74) is 2.33. The third-order valence-corrected chi connectivity index (χ3v) is 2.11. The van der Waals surface area contributed by atoms with E-state index in [9.17, 15) is 0 Å². The first kappa shape index (κ1) is 9.78. The number of aromatic amines is 1. The standard InChI is InChI=1S/C10H12N2.CH4/c1-7(2)9-6-12-10-8(9)4-3-5-11-10;/h3-7H,1-2H3,(H,11,12);1H4. The minimum Gasteiger partial charge on any atom is -0.346 e. The van der Waals surface area contributed by atoms with Gasteiger partial charge in [-0.15, -0.1) is 0 Å². The number of H-pyrrole nitrogens is 1. The van der Waals surface area contributed by atoms with E-state index in [1.807, 2.05) is 18.5 Å². The van der Waals surface area contributed by atoms with Crippen LogP contribution in [0.3, 0.4) is 0 Å². The van der Waals surface area contributed by atoms with Crippen molar-refractivity contribution in [2.24, 2.45) is 0 Å². The summed E-state index contributed by atoms with van der Waals surface area (Å²) in [5, 5.41) is 1.24. The van der Waals surface area contributed by atoms with Gasteiger partial charge in [-0.3, -0.25) is 0 Å². The van der Waals surface area contributed by atoms with Crippen molar-refractivity contribution < 1.29 is 0 Å². The van der Waals surface area contributed by atoms with Crippen LogP contribution in [0.25, 0.3) is 11.0 Å². The summed E-state index contributed by atoms with van der Waals surface area (Å²) >= 11 is 0. The van der Waals surface area contributed by atoms with Gasteiger partial charge in [-0.25, -0.2) is 4.98 Å². The maximum absolute atomic E-state index is 4.23. The van der Waals surface area contributed by atoms with E-state index in [4.69, 9.17) is 0 Å². The van der Waals surface area contributed by atoms with E-state index in [-0.39, 0.29) is 7.43 Å². The molecule has 0 unspecified atom stereocenters. The van der Waals surface area contributed by atoms with Crippen LogP contribution in [0.2, 0.25) is 0 Å². The molecule has 0 fully saturated rings. The lowest BCUT2D eigenvalue weighted by Crippen LogP contribution is -1.83. The van der Waals surface area contributed by atoms with Crippen molar-refractivity contribution in [1.29, 1.82) is 0 Å². The number of nitrogens with one attached hydrogen (secondary N) is 1. The maximum atomic E-state index is 4.23. The minimum atomic E-state index is 0. The zero-order valence-corrected chi connectivity index (χ0v) is 7.33. The van der Waals surface area contributed by atoms with Gasteiger partial charge in [0.25, 0.3) is 0 Å². The zero-order chi connectivity index (χ0) is 8.55. The van der Waals surface area contributed by atoms with Gasteiger partial charge < -0.3 is 4.98 Å². The average molecular weight is 176 g/mol.